The van der Waals surface area contributed by atoms with E-state index in [-0.39, 0.29) is 12.6 Å². The molecule has 3 atom stereocenters. The van der Waals surface area contributed by atoms with Gasteiger partial charge in [-0.2, -0.15) is 10.2 Å². The van der Waals surface area contributed by atoms with E-state index >= 15 is 0 Å². The lowest BCUT2D eigenvalue weighted by Gasteiger charge is -2.30. The summed E-state index contributed by atoms with van der Waals surface area (Å²) in [5, 5.41) is 25.7. The molecule has 0 amide bonds. The minimum atomic E-state index is -0.961. The molecule has 6 heterocycles. The first kappa shape index (κ1) is 36.6. The molecule has 0 radical (unpaired) electrons. The minimum Gasteiger partial charge on any atom is -0.395 e. The van der Waals surface area contributed by atoms with Crippen molar-refractivity contribution < 1.29 is 19.1 Å². The normalized spacial score (nSPS) is 18.9. The largest absolute Gasteiger partial charge is 0.395 e. The van der Waals surface area contributed by atoms with Gasteiger partial charge >= 0.3 is 0 Å². The maximum absolute atomic E-state index is 10.4. The molecule has 13 nitrogen and oxygen atoms in total. The van der Waals surface area contributed by atoms with Crippen molar-refractivity contribution in [1.29, 1.82) is 0 Å². The summed E-state index contributed by atoms with van der Waals surface area (Å²) < 4.78 is 22.9. The second-order valence-corrected chi connectivity index (χ2v) is 15.4. The summed E-state index contributed by atoms with van der Waals surface area (Å²) in [5.74, 6) is 0.864. The summed E-state index contributed by atoms with van der Waals surface area (Å²) in [6, 6.07) is 0.238. The zero-order chi connectivity index (χ0) is 34.7. The van der Waals surface area contributed by atoms with E-state index in [1.165, 1.54) is 6.42 Å². The van der Waals surface area contributed by atoms with Gasteiger partial charge < -0.3 is 28.9 Å². The van der Waals surface area contributed by atoms with Gasteiger partial charge in [0.2, 0.25) is 5.79 Å². The number of anilines is 1. The fraction of sp³-hybridized carbons (Fsp3) is 0.676. The van der Waals surface area contributed by atoms with Gasteiger partial charge in [0, 0.05) is 35.8 Å². The summed E-state index contributed by atoms with van der Waals surface area (Å²) in [7, 11) is 2.18. The standard InChI is InChI=1S/C34H51IN9O4P/c1-7-9-13-26-29(40-48-30(26)34(14-10-8-2)46-18-19-47-34)31-37-32(42(16-17-45)23(4)27-20-36-44(49-35)24(27)5)28-22(3)39-43(33(28)38-31)21-25-12-11-15-41(25)6/h20,23,25,45,49H,7-19,21H2,1-6H3. The molecule has 0 aliphatic carbocycles. The SMILES string of the molecule is CCCCc1c(-c2nc(N(CCO)C(C)c3cnn(PI)c3C)c3c(C)nn(CC4CCCN4C)c3n2)noc1C1(CCCC)OCCO1. The number of hydrogen-bond donors (Lipinski definition) is 1. The number of aliphatic hydroxyl groups is 1. The average Bonchev–Trinajstić information content (AvgIpc) is 3.94. The van der Waals surface area contributed by atoms with Crippen LogP contribution in [0.2, 0.25) is 0 Å². The molecule has 4 aromatic rings. The van der Waals surface area contributed by atoms with Crippen LogP contribution < -0.4 is 4.90 Å². The second-order valence-electron chi connectivity index (χ2n) is 13.4. The van der Waals surface area contributed by atoms with Gasteiger partial charge in [-0.25, -0.2) is 19.1 Å². The van der Waals surface area contributed by atoms with Gasteiger partial charge in [0.15, 0.2) is 22.9 Å². The van der Waals surface area contributed by atoms with E-state index in [0.29, 0.717) is 61.7 Å². The van der Waals surface area contributed by atoms with Crippen molar-refractivity contribution in [1.82, 2.24) is 39.4 Å². The first-order valence-electron chi connectivity index (χ1n) is 17.8. The van der Waals surface area contributed by atoms with Crippen molar-refractivity contribution in [2.45, 2.75) is 110 Å². The second kappa shape index (κ2) is 16.0. The highest BCUT2D eigenvalue weighted by Gasteiger charge is 2.45. The Labute approximate surface area is 303 Å². The predicted octanol–water partition coefficient (Wildman–Crippen LogP) is 6.47. The molecule has 6 rings (SSSR count). The van der Waals surface area contributed by atoms with Gasteiger partial charge in [0.1, 0.15) is 5.82 Å². The monoisotopic (exact) mass is 807 g/mol. The van der Waals surface area contributed by atoms with Gasteiger partial charge in [0.25, 0.3) is 0 Å². The molecule has 0 spiro atoms. The minimum absolute atomic E-state index is 0.0447. The van der Waals surface area contributed by atoms with E-state index in [1.54, 1.807) is 0 Å². The van der Waals surface area contributed by atoms with Gasteiger partial charge in [-0.15, -0.1) is 0 Å². The maximum Gasteiger partial charge on any atom is 0.231 e. The number of rotatable bonds is 16. The molecule has 3 unspecified atom stereocenters. The Morgan fingerprint density at radius 3 is 2.59 bits per heavy atom. The zero-order valence-electron chi connectivity index (χ0n) is 29.7. The van der Waals surface area contributed by atoms with Gasteiger partial charge in [-0.3, -0.25) is 0 Å². The van der Waals surface area contributed by atoms with Crippen molar-refractivity contribution in [3.05, 3.63) is 34.5 Å². The fourth-order valence-electron chi connectivity index (χ4n) is 7.38. The van der Waals surface area contributed by atoms with Crippen LogP contribution >= 0.6 is 28.4 Å². The number of unbranched alkanes of at least 4 members (excludes halogenated alkanes) is 2. The lowest BCUT2D eigenvalue weighted by molar-refractivity contribution is -0.186. The van der Waals surface area contributed by atoms with Crippen molar-refractivity contribution >= 4 is 45.3 Å². The molecule has 2 aliphatic heterocycles. The van der Waals surface area contributed by atoms with Crippen LogP contribution in [0.15, 0.2) is 10.7 Å². The smallest absolute Gasteiger partial charge is 0.231 e. The highest BCUT2D eigenvalue weighted by Crippen LogP contribution is 2.43. The molecule has 0 saturated carbocycles. The fourth-order valence-corrected chi connectivity index (χ4v) is 9.19. The number of fused-ring (bicyclic) bond motifs is 1. The number of halogens is 1. The third-order valence-electron chi connectivity index (χ3n) is 10.2. The van der Waals surface area contributed by atoms with Crippen LogP contribution in [0.25, 0.3) is 22.6 Å². The van der Waals surface area contributed by atoms with E-state index in [9.17, 15) is 5.11 Å². The number of aryl methyl sites for hydroxylation is 1. The summed E-state index contributed by atoms with van der Waals surface area (Å²) in [4.78, 5) is 15.1. The molecule has 0 bridgehead atoms. The number of nitrogens with zero attached hydrogens (tertiary/aromatic N) is 9. The molecule has 2 saturated heterocycles. The van der Waals surface area contributed by atoms with E-state index < -0.39 is 5.79 Å². The Hall–Kier alpha value is -2.23. The van der Waals surface area contributed by atoms with Crippen molar-refractivity contribution in [2.24, 2.45) is 0 Å². The predicted molar refractivity (Wildman–Crippen MR) is 200 cm³/mol. The average molecular weight is 808 g/mol. The Balaban J connectivity index is 1.55. The quantitative estimate of drug-likeness (QED) is 0.0987. The highest BCUT2D eigenvalue weighted by molar-refractivity contribution is 14.2. The molecule has 4 aromatic heterocycles. The number of hydrogen-bond acceptors (Lipinski definition) is 11. The topological polar surface area (TPSA) is 133 Å². The van der Waals surface area contributed by atoms with Gasteiger partial charge in [0.05, 0.1) is 56.1 Å². The lowest BCUT2D eigenvalue weighted by Crippen LogP contribution is -2.31. The highest BCUT2D eigenvalue weighted by atomic mass is 127. The third kappa shape index (κ3) is 7.15. The van der Waals surface area contributed by atoms with Gasteiger partial charge in [-0.1, -0.05) is 31.8 Å². The number of aromatic nitrogens is 7. The maximum atomic E-state index is 10.4. The molecule has 268 valence electrons. The number of likely N-dealkylation sites (tertiary alicyclic amines) is 1. The van der Waals surface area contributed by atoms with Gasteiger partial charge in [-0.05, 0) is 88.5 Å². The van der Waals surface area contributed by atoms with E-state index in [0.717, 1.165) is 85.2 Å². The summed E-state index contributed by atoms with van der Waals surface area (Å²) in [5.41, 5.74) is 5.34. The molecule has 1 N–H and O–H groups in total. The van der Waals surface area contributed by atoms with Crippen molar-refractivity contribution in [2.75, 3.05) is 44.9 Å². The van der Waals surface area contributed by atoms with Crippen LogP contribution in [0.3, 0.4) is 0 Å². The molecular weight excluding hydrogens is 756 g/mol. The van der Waals surface area contributed by atoms with Crippen LogP contribution in [0, 0.1) is 13.8 Å². The lowest BCUT2D eigenvalue weighted by atomic mass is 9.97. The molecule has 49 heavy (non-hydrogen) atoms. The molecule has 0 aromatic carbocycles. The molecular formula is C34H51IN9O4P. The van der Waals surface area contributed by atoms with Crippen LogP contribution in [0.5, 0.6) is 0 Å². The van der Waals surface area contributed by atoms with Crippen molar-refractivity contribution in [3.63, 3.8) is 0 Å². The number of aliphatic hydroxyl groups excluding tert-OH is 1. The Kier molecular flexibility index (Phi) is 11.9. The van der Waals surface area contributed by atoms with Crippen molar-refractivity contribution in [3.8, 4) is 11.5 Å². The molecule has 15 heteroatoms. The van der Waals surface area contributed by atoms with Crippen LogP contribution in [0.4, 0.5) is 5.82 Å². The van der Waals surface area contributed by atoms with E-state index in [4.69, 9.17) is 34.2 Å². The first-order valence-corrected chi connectivity index (χ1v) is 21.8. The number of ether oxygens (including phenoxy) is 2. The molecule has 2 aliphatic rings. The van der Waals surface area contributed by atoms with E-state index in [2.05, 4.69) is 71.7 Å². The number of likely N-dealkylation sites (N-methyl/N-ethyl adjacent to an activating group) is 1. The van der Waals surface area contributed by atoms with E-state index in [1.807, 2.05) is 22.3 Å². The van der Waals surface area contributed by atoms with Crippen LogP contribution in [0.1, 0.15) is 100 Å². The Morgan fingerprint density at radius 1 is 1.16 bits per heavy atom. The Bertz CT molecular complexity index is 1720. The zero-order valence-corrected chi connectivity index (χ0v) is 32.9. The summed E-state index contributed by atoms with van der Waals surface area (Å²) in [6.07, 6.45) is 10.0. The third-order valence-corrected chi connectivity index (χ3v) is 12.2. The Morgan fingerprint density at radius 2 is 1.94 bits per heavy atom. The first-order chi connectivity index (χ1) is 23.8. The molecule has 2 fully saturated rings. The van der Waals surface area contributed by atoms with Crippen LogP contribution in [-0.2, 0) is 28.2 Å². The van der Waals surface area contributed by atoms with Crippen LogP contribution in [-0.4, -0.2) is 90.5 Å². The summed E-state index contributed by atoms with van der Waals surface area (Å²) in [6.45, 7) is 13.8. The summed E-state index contributed by atoms with van der Waals surface area (Å²) >= 11 is 2.35.